The first-order chi connectivity index (χ1) is 12.8. The molecule has 1 heterocycles. The maximum Gasteiger partial charge on any atom is 0.343 e. The molecule has 2 amide bonds. The molecule has 0 unspecified atom stereocenters. The van der Waals surface area contributed by atoms with Crippen LogP contribution in [0, 0.1) is 0 Å². The first kappa shape index (κ1) is 21.1. The lowest BCUT2D eigenvalue weighted by Crippen LogP contribution is -2.36. The molecule has 146 valence electrons. The van der Waals surface area contributed by atoms with Crippen LogP contribution in [0.5, 0.6) is 11.5 Å². The third-order valence-corrected chi connectivity index (χ3v) is 5.13. The van der Waals surface area contributed by atoms with Crippen molar-refractivity contribution < 1.29 is 28.6 Å². The molecule has 0 saturated carbocycles. The minimum absolute atomic E-state index is 0.171. The molecule has 0 bridgehead atoms. The predicted octanol–water partition coefficient (Wildman–Crippen LogP) is 3.74. The van der Waals surface area contributed by atoms with E-state index in [0.29, 0.717) is 22.6 Å². The van der Waals surface area contributed by atoms with Gasteiger partial charge in [-0.25, -0.2) is 4.79 Å². The van der Waals surface area contributed by atoms with E-state index < -0.39 is 5.97 Å². The third kappa shape index (κ3) is 4.75. The number of carbonyl (C=O) groups excluding carboxylic acids is 3. The van der Waals surface area contributed by atoms with Gasteiger partial charge in [-0.1, -0.05) is 18.5 Å². The molecule has 1 aromatic carbocycles. The van der Waals surface area contributed by atoms with E-state index in [0.717, 1.165) is 11.8 Å². The van der Waals surface area contributed by atoms with Crippen molar-refractivity contribution in [2.75, 3.05) is 20.8 Å². The Kier molecular flexibility index (Phi) is 7.15. The highest BCUT2D eigenvalue weighted by atomic mass is 35.5. The normalized spacial score (nSPS) is 16.6. The van der Waals surface area contributed by atoms with Gasteiger partial charge < -0.3 is 14.2 Å². The second kappa shape index (κ2) is 9.14. The standard InChI is InChI=1S/C18H20ClNO6S/c1-5-10(2)20-17(22)14(27-18(20)23)8-11-6-12(19)16(13(7-11)24-3)26-9-15(21)25-4/h6-8,10H,5,9H2,1-4H3/b14-8-/t10-/m0/s1. The van der Waals surface area contributed by atoms with Gasteiger partial charge in [0, 0.05) is 6.04 Å². The van der Waals surface area contributed by atoms with Gasteiger partial charge in [-0.05, 0) is 48.9 Å². The van der Waals surface area contributed by atoms with Gasteiger partial charge in [0.25, 0.3) is 11.1 Å². The van der Waals surface area contributed by atoms with E-state index >= 15 is 0 Å². The number of amides is 2. The maximum atomic E-state index is 12.5. The fourth-order valence-electron chi connectivity index (χ4n) is 2.35. The highest BCUT2D eigenvalue weighted by molar-refractivity contribution is 8.18. The number of benzene rings is 1. The Hall–Kier alpha value is -2.19. The summed E-state index contributed by atoms with van der Waals surface area (Å²) in [6, 6.07) is 3.00. The van der Waals surface area contributed by atoms with Gasteiger partial charge in [-0.2, -0.15) is 0 Å². The molecule has 9 heteroatoms. The maximum absolute atomic E-state index is 12.5. The zero-order chi connectivity index (χ0) is 20.1. The highest BCUT2D eigenvalue weighted by Crippen LogP contribution is 2.39. The van der Waals surface area contributed by atoms with E-state index in [-0.39, 0.29) is 34.6 Å². The molecule has 0 aliphatic carbocycles. The van der Waals surface area contributed by atoms with Crippen LogP contribution in [0.2, 0.25) is 5.02 Å². The average Bonchev–Trinajstić information content (AvgIpc) is 2.92. The summed E-state index contributed by atoms with van der Waals surface area (Å²) in [7, 11) is 2.68. The first-order valence-electron chi connectivity index (χ1n) is 8.16. The van der Waals surface area contributed by atoms with Crippen molar-refractivity contribution in [2.24, 2.45) is 0 Å². The molecule has 0 aromatic heterocycles. The number of thioether (sulfide) groups is 1. The van der Waals surface area contributed by atoms with Gasteiger partial charge in [0.1, 0.15) is 0 Å². The van der Waals surface area contributed by atoms with Crippen molar-refractivity contribution in [2.45, 2.75) is 26.3 Å². The number of carbonyl (C=O) groups is 3. The SMILES string of the molecule is CC[C@H](C)N1C(=O)S/C(=C\c2cc(Cl)c(OCC(=O)OC)c(OC)c2)C1=O. The largest absolute Gasteiger partial charge is 0.493 e. The number of ether oxygens (including phenoxy) is 3. The number of methoxy groups -OCH3 is 2. The van der Waals surface area contributed by atoms with E-state index in [9.17, 15) is 14.4 Å². The van der Waals surface area contributed by atoms with Gasteiger partial charge in [0.05, 0.1) is 24.1 Å². The summed E-state index contributed by atoms with van der Waals surface area (Å²) in [5.41, 5.74) is 0.567. The van der Waals surface area contributed by atoms with Crippen LogP contribution in [0.1, 0.15) is 25.8 Å². The Balaban J connectivity index is 2.31. The molecular formula is C18H20ClNO6S. The molecule has 0 spiro atoms. The molecule has 27 heavy (non-hydrogen) atoms. The minimum Gasteiger partial charge on any atom is -0.493 e. The Bertz CT molecular complexity index is 794. The van der Waals surface area contributed by atoms with Crippen LogP contribution in [0.25, 0.3) is 6.08 Å². The fourth-order valence-corrected chi connectivity index (χ4v) is 3.55. The van der Waals surface area contributed by atoms with Crippen molar-refractivity contribution in [3.63, 3.8) is 0 Å². The minimum atomic E-state index is -0.559. The second-order valence-corrected chi connectivity index (χ2v) is 7.11. The van der Waals surface area contributed by atoms with Crippen LogP contribution in [-0.4, -0.2) is 48.9 Å². The van der Waals surface area contributed by atoms with Gasteiger partial charge >= 0.3 is 5.97 Å². The molecule has 1 aliphatic rings. The van der Waals surface area contributed by atoms with Crippen LogP contribution in [-0.2, 0) is 14.3 Å². The topological polar surface area (TPSA) is 82.1 Å². The Morgan fingerprint density at radius 1 is 1.33 bits per heavy atom. The summed E-state index contributed by atoms with van der Waals surface area (Å²) in [6.07, 6.45) is 2.25. The quantitative estimate of drug-likeness (QED) is 0.497. The number of nitrogens with zero attached hydrogens (tertiary/aromatic N) is 1. The molecule has 0 N–H and O–H groups in total. The molecule has 1 aliphatic heterocycles. The zero-order valence-corrected chi connectivity index (χ0v) is 17.0. The lowest BCUT2D eigenvalue weighted by Gasteiger charge is -2.19. The predicted molar refractivity (Wildman–Crippen MR) is 103 cm³/mol. The van der Waals surface area contributed by atoms with Crippen molar-refractivity contribution in [3.8, 4) is 11.5 Å². The van der Waals surface area contributed by atoms with E-state index in [4.69, 9.17) is 21.1 Å². The zero-order valence-electron chi connectivity index (χ0n) is 15.4. The molecule has 2 rings (SSSR count). The van der Waals surface area contributed by atoms with E-state index in [1.54, 1.807) is 18.2 Å². The number of imide groups is 1. The first-order valence-corrected chi connectivity index (χ1v) is 9.36. The summed E-state index contributed by atoms with van der Waals surface area (Å²) in [4.78, 5) is 37.4. The molecule has 1 fully saturated rings. The molecule has 0 radical (unpaired) electrons. The monoisotopic (exact) mass is 413 g/mol. The second-order valence-electron chi connectivity index (χ2n) is 5.71. The smallest absolute Gasteiger partial charge is 0.343 e. The third-order valence-electron chi connectivity index (χ3n) is 3.97. The molecule has 1 saturated heterocycles. The Morgan fingerprint density at radius 3 is 2.63 bits per heavy atom. The molecule has 1 atom stereocenters. The lowest BCUT2D eigenvalue weighted by atomic mass is 10.1. The number of halogens is 1. The van der Waals surface area contributed by atoms with Crippen molar-refractivity contribution in [3.05, 3.63) is 27.6 Å². The number of hydrogen-bond acceptors (Lipinski definition) is 7. The van der Waals surface area contributed by atoms with Crippen molar-refractivity contribution >= 4 is 46.6 Å². The molecule has 1 aromatic rings. The van der Waals surface area contributed by atoms with Crippen LogP contribution < -0.4 is 9.47 Å². The summed E-state index contributed by atoms with van der Waals surface area (Å²) >= 11 is 7.12. The number of rotatable bonds is 7. The number of esters is 1. The van der Waals surface area contributed by atoms with E-state index in [1.165, 1.54) is 19.1 Å². The van der Waals surface area contributed by atoms with E-state index in [1.807, 2.05) is 13.8 Å². The van der Waals surface area contributed by atoms with Gasteiger partial charge in [0.15, 0.2) is 18.1 Å². The molecule has 7 nitrogen and oxygen atoms in total. The Labute approximate surface area is 166 Å². The molecular weight excluding hydrogens is 394 g/mol. The summed E-state index contributed by atoms with van der Waals surface area (Å²) in [5, 5.41) is -0.0950. The fraction of sp³-hybridized carbons (Fsp3) is 0.389. The Morgan fingerprint density at radius 2 is 2.04 bits per heavy atom. The van der Waals surface area contributed by atoms with Crippen molar-refractivity contribution in [1.29, 1.82) is 0 Å². The highest BCUT2D eigenvalue weighted by Gasteiger charge is 2.37. The summed E-state index contributed by atoms with van der Waals surface area (Å²) < 4.78 is 15.1. The van der Waals surface area contributed by atoms with Crippen LogP contribution in [0.3, 0.4) is 0 Å². The van der Waals surface area contributed by atoms with Gasteiger partial charge in [-0.3, -0.25) is 14.5 Å². The van der Waals surface area contributed by atoms with Crippen LogP contribution in [0.15, 0.2) is 17.0 Å². The van der Waals surface area contributed by atoms with Crippen LogP contribution >= 0.6 is 23.4 Å². The van der Waals surface area contributed by atoms with Gasteiger partial charge in [-0.15, -0.1) is 0 Å². The van der Waals surface area contributed by atoms with Crippen molar-refractivity contribution in [1.82, 2.24) is 4.90 Å². The number of hydrogen-bond donors (Lipinski definition) is 0. The lowest BCUT2D eigenvalue weighted by molar-refractivity contribution is -0.142. The summed E-state index contributed by atoms with van der Waals surface area (Å²) in [6.45, 7) is 3.42. The van der Waals surface area contributed by atoms with Crippen LogP contribution in [0.4, 0.5) is 4.79 Å². The average molecular weight is 414 g/mol. The van der Waals surface area contributed by atoms with Gasteiger partial charge in [0.2, 0.25) is 0 Å². The summed E-state index contributed by atoms with van der Waals surface area (Å²) in [5.74, 6) is -0.412. The van der Waals surface area contributed by atoms with E-state index in [2.05, 4.69) is 4.74 Å².